The Balaban J connectivity index is 1.72. The highest BCUT2D eigenvalue weighted by molar-refractivity contribution is 5.91. The number of aromatic amines is 1. The van der Waals surface area contributed by atoms with Crippen LogP contribution in [-0.2, 0) is 4.79 Å². The number of carbonyl (C=O) groups excluding carboxylic acids is 1. The zero-order valence-corrected chi connectivity index (χ0v) is 14.5. The van der Waals surface area contributed by atoms with Crippen molar-refractivity contribution >= 4 is 22.8 Å². The lowest BCUT2D eigenvalue weighted by molar-refractivity contribution is -0.129. The number of H-pyrrole nitrogens is 1. The van der Waals surface area contributed by atoms with Crippen molar-refractivity contribution in [1.82, 2.24) is 19.9 Å². The third kappa shape index (κ3) is 2.95. The average Bonchev–Trinajstić information content (AvgIpc) is 3.05. The quantitative estimate of drug-likeness (QED) is 0.782. The largest absolute Gasteiger partial charge is 0.351 e. The summed E-state index contributed by atoms with van der Waals surface area (Å²) in [4.78, 5) is 28.4. The SMILES string of the molecule is CC(=O)N1CCN(c2nc(C)nc3cc(-c4ccccc4)[nH]c23)CC1. The molecule has 1 amide bonds. The van der Waals surface area contributed by atoms with Gasteiger partial charge < -0.3 is 14.8 Å². The minimum atomic E-state index is 0.134. The van der Waals surface area contributed by atoms with E-state index in [9.17, 15) is 4.79 Å². The monoisotopic (exact) mass is 335 g/mol. The summed E-state index contributed by atoms with van der Waals surface area (Å²) in [5, 5.41) is 0. The Morgan fingerprint density at radius 2 is 1.80 bits per heavy atom. The second-order valence-electron chi connectivity index (χ2n) is 6.40. The Morgan fingerprint density at radius 3 is 2.48 bits per heavy atom. The number of piperazine rings is 1. The summed E-state index contributed by atoms with van der Waals surface area (Å²) >= 11 is 0. The van der Waals surface area contributed by atoms with Crippen molar-refractivity contribution in [2.24, 2.45) is 0 Å². The lowest BCUT2D eigenvalue weighted by atomic mass is 10.2. The van der Waals surface area contributed by atoms with Gasteiger partial charge in [0.15, 0.2) is 5.82 Å². The minimum absolute atomic E-state index is 0.134. The molecule has 0 atom stereocenters. The van der Waals surface area contributed by atoms with Crippen LogP contribution in [0.4, 0.5) is 5.82 Å². The summed E-state index contributed by atoms with van der Waals surface area (Å²) in [6.07, 6.45) is 0. The van der Waals surface area contributed by atoms with E-state index in [0.29, 0.717) is 0 Å². The van der Waals surface area contributed by atoms with Crippen LogP contribution in [0.1, 0.15) is 12.7 Å². The van der Waals surface area contributed by atoms with Gasteiger partial charge in [-0.05, 0) is 18.6 Å². The molecule has 1 aliphatic rings. The molecule has 128 valence electrons. The second-order valence-corrected chi connectivity index (χ2v) is 6.40. The van der Waals surface area contributed by atoms with E-state index in [1.807, 2.05) is 30.0 Å². The predicted molar refractivity (Wildman–Crippen MR) is 98.5 cm³/mol. The van der Waals surface area contributed by atoms with Crippen LogP contribution in [0.15, 0.2) is 36.4 Å². The number of nitrogens with zero attached hydrogens (tertiary/aromatic N) is 4. The maximum atomic E-state index is 11.5. The van der Waals surface area contributed by atoms with Crippen LogP contribution in [0.3, 0.4) is 0 Å². The molecular weight excluding hydrogens is 314 g/mol. The molecule has 0 aliphatic carbocycles. The standard InChI is InChI=1S/C19H21N5O/c1-13-20-17-12-16(15-6-4-3-5-7-15)22-18(17)19(21-13)24-10-8-23(9-11-24)14(2)25/h3-7,12,22H,8-11H2,1-2H3. The fourth-order valence-electron chi connectivity index (χ4n) is 3.35. The number of anilines is 1. The van der Waals surface area contributed by atoms with Crippen molar-refractivity contribution in [1.29, 1.82) is 0 Å². The molecule has 0 saturated carbocycles. The smallest absolute Gasteiger partial charge is 0.219 e. The van der Waals surface area contributed by atoms with Crippen LogP contribution in [0.5, 0.6) is 0 Å². The Kier molecular flexibility index (Phi) is 3.87. The van der Waals surface area contributed by atoms with Gasteiger partial charge in [-0.3, -0.25) is 4.79 Å². The van der Waals surface area contributed by atoms with Crippen molar-refractivity contribution in [2.45, 2.75) is 13.8 Å². The summed E-state index contributed by atoms with van der Waals surface area (Å²) in [5.74, 6) is 1.82. The number of amides is 1. The molecule has 0 spiro atoms. The number of benzene rings is 1. The van der Waals surface area contributed by atoms with Gasteiger partial charge >= 0.3 is 0 Å². The summed E-state index contributed by atoms with van der Waals surface area (Å²) in [7, 11) is 0. The molecule has 1 N–H and O–H groups in total. The van der Waals surface area contributed by atoms with Crippen LogP contribution in [-0.4, -0.2) is 51.9 Å². The molecule has 1 aliphatic heterocycles. The number of hydrogen-bond acceptors (Lipinski definition) is 4. The third-order valence-corrected chi connectivity index (χ3v) is 4.68. The highest BCUT2D eigenvalue weighted by atomic mass is 16.2. The van der Waals surface area contributed by atoms with E-state index in [1.165, 1.54) is 0 Å². The number of fused-ring (bicyclic) bond motifs is 1. The highest BCUT2D eigenvalue weighted by Gasteiger charge is 2.22. The number of rotatable bonds is 2. The summed E-state index contributed by atoms with van der Waals surface area (Å²) in [6, 6.07) is 12.3. The Morgan fingerprint density at radius 1 is 1.08 bits per heavy atom. The maximum Gasteiger partial charge on any atom is 0.219 e. The molecule has 6 nitrogen and oxygen atoms in total. The van der Waals surface area contributed by atoms with Gasteiger partial charge in [0.2, 0.25) is 5.91 Å². The van der Waals surface area contributed by atoms with Gasteiger partial charge in [0.05, 0.1) is 5.52 Å². The molecule has 0 bridgehead atoms. The number of nitrogens with one attached hydrogen (secondary N) is 1. The Hall–Kier alpha value is -2.89. The van der Waals surface area contributed by atoms with E-state index in [1.54, 1.807) is 6.92 Å². The fourth-order valence-corrected chi connectivity index (χ4v) is 3.35. The van der Waals surface area contributed by atoms with Crippen molar-refractivity contribution in [3.8, 4) is 11.3 Å². The molecule has 0 unspecified atom stereocenters. The molecule has 3 aromatic rings. The molecule has 1 fully saturated rings. The first-order valence-electron chi connectivity index (χ1n) is 8.55. The van der Waals surface area contributed by atoms with E-state index < -0.39 is 0 Å². The third-order valence-electron chi connectivity index (χ3n) is 4.68. The van der Waals surface area contributed by atoms with Crippen molar-refractivity contribution in [3.05, 3.63) is 42.2 Å². The lowest BCUT2D eigenvalue weighted by Crippen LogP contribution is -2.48. The first-order valence-corrected chi connectivity index (χ1v) is 8.55. The van der Waals surface area contributed by atoms with Gasteiger partial charge in [0.25, 0.3) is 0 Å². The number of carbonyl (C=O) groups is 1. The van der Waals surface area contributed by atoms with Crippen LogP contribution in [0, 0.1) is 6.92 Å². The first kappa shape index (κ1) is 15.6. The summed E-state index contributed by atoms with van der Waals surface area (Å²) < 4.78 is 0. The first-order chi connectivity index (χ1) is 12.1. The second kappa shape index (κ2) is 6.20. The Bertz CT molecular complexity index is 910. The van der Waals surface area contributed by atoms with E-state index in [-0.39, 0.29) is 5.91 Å². The molecule has 4 rings (SSSR count). The van der Waals surface area contributed by atoms with E-state index >= 15 is 0 Å². The number of aryl methyl sites for hydroxylation is 1. The molecule has 6 heteroatoms. The molecule has 2 aromatic heterocycles. The van der Waals surface area contributed by atoms with Gasteiger partial charge in [-0.25, -0.2) is 9.97 Å². The van der Waals surface area contributed by atoms with Crippen molar-refractivity contribution in [2.75, 3.05) is 31.1 Å². The average molecular weight is 335 g/mol. The molecule has 1 aromatic carbocycles. The number of hydrogen-bond donors (Lipinski definition) is 1. The van der Waals surface area contributed by atoms with Crippen LogP contribution in [0.2, 0.25) is 0 Å². The molecule has 25 heavy (non-hydrogen) atoms. The van der Waals surface area contributed by atoms with Gasteiger partial charge in [0, 0.05) is 38.8 Å². The molecule has 3 heterocycles. The van der Waals surface area contributed by atoms with Crippen LogP contribution < -0.4 is 4.90 Å². The van der Waals surface area contributed by atoms with Gasteiger partial charge in [0.1, 0.15) is 11.3 Å². The molecule has 1 saturated heterocycles. The normalized spacial score (nSPS) is 15.0. The van der Waals surface area contributed by atoms with Crippen LogP contribution in [0.25, 0.3) is 22.3 Å². The Labute approximate surface area is 146 Å². The minimum Gasteiger partial charge on any atom is -0.351 e. The number of aromatic nitrogens is 3. The van der Waals surface area contributed by atoms with Gasteiger partial charge in [-0.1, -0.05) is 30.3 Å². The zero-order chi connectivity index (χ0) is 17.4. The molecule has 0 radical (unpaired) electrons. The van der Waals surface area contributed by atoms with E-state index in [4.69, 9.17) is 0 Å². The topological polar surface area (TPSA) is 65.1 Å². The maximum absolute atomic E-state index is 11.5. The van der Waals surface area contributed by atoms with Crippen molar-refractivity contribution in [3.63, 3.8) is 0 Å². The van der Waals surface area contributed by atoms with E-state index in [2.05, 4.69) is 38.1 Å². The van der Waals surface area contributed by atoms with Crippen LogP contribution >= 0.6 is 0 Å². The predicted octanol–water partition coefficient (Wildman–Crippen LogP) is 2.60. The van der Waals surface area contributed by atoms with Crippen molar-refractivity contribution < 1.29 is 4.79 Å². The summed E-state index contributed by atoms with van der Waals surface area (Å²) in [6.45, 7) is 6.57. The zero-order valence-electron chi connectivity index (χ0n) is 14.5. The highest BCUT2D eigenvalue weighted by Crippen LogP contribution is 2.29. The van der Waals surface area contributed by atoms with E-state index in [0.717, 1.165) is 60.1 Å². The lowest BCUT2D eigenvalue weighted by Gasteiger charge is -2.35. The molecular formula is C19H21N5O. The fraction of sp³-hybridized carbons (Fsp3) is 0.316. The van der Waals surface area contributed by atoms with Gasteiger partial charge in [-0.2, -0.15) is 0 Å². The summed E-state index contributed by atoms with van der Waals surface area (Å²) in [5.41, 5.74) is 4.06. The van der Waals surface area contributed by atoms with Gasteiger partial charge in [-0.15, -0.1) is 0 Å².